The molecule has 0 bridgehead atoms. The molecule has 0 aliphatic carbocycles. The molecule has 1 fully saturated rings. The molecule has 4 rings (SSSR count). The van der Waals surface area contributed by atoms with Gasteiger partial charge in [0.25, 0.3) is 0 Å². The molecule has 3 aromatic rings. The molecule has 1 amide bonds. The average molecular weight is 401 g/mol. The van der Waals surface area contributed by atoms with Gasteiger partial charge in [-0.3, -0.25) is 4.79 Å². The fourth-order valence-corrected chi connectivity index (χ4v) is 3.83. The molecule has 1 heterocycles. The molecule has 0 atom stereocenters. The highest BCUT2D eigenvalue weighted by Gasteiger charge is 2.52. The van der Waals surface area contributed by atoms with Crippen LogP contribution in [0.2, 0.25) is 0 Å². The van der Waals surface area contributed by atoms with E-state index >= 15 is 0 Å². The predicted octanol–water partition coefficient (Wildman–Crippen LogP) is 5.14. The Morgan fingerprint density at radius 1 is 0.933 bits per heavy atom. The topological polar surface area (TPSA) is 47.6 Å². The van der Waals surface area contributed by atoms with Crippen LogP contribution in [0.5, 0.6) is 0 Å². The largest absolute Gasteiger partial charge is 0.492 e. The number of amides is 1. The number of carbonyl (C=O) groups excluding carboxylic acids is 1. The molecule has 3 aromatic carbocycles. The summed E-state index contributed by atoms with van der Waals surface area (Å²) in [6, 6.07) is 19.0. The molecule has 0 unspecified atom stereocenters. The molecule has 5 heteroatoms. The van der Waals surface area contributed by atoms with E-state index in [1.54, 1.807) is 0 Å². The van der Waals surface area contributed by atoms with Crippen LogP contribution in [0.3, 0.4) is 0 Å². The van der Waals surface area contributed by atoms with Crippen molar-refractivity contribution in [2.24, 2.45) is 0 Å². The molecule has 1 aliphatic rings. The Balaban J connectivity index is 1.85. The highest BCUT2D eigenvalue weighted by Crippen LogP contribution is 2.39. The first-order chi connectivity index (χ1) is 14.2. The van der Waals surface area contributed by atoms with Crippen LogP contribution in [0, 0.1) is 0 Å². The summed E-state index contributed by atoms with van der Waals surface area (Å²) < 4.78 is 12.6. The van der Waals surface area contributed by atoms with Crippen molar-refractivity contribution < 1.29 is 14.1 Å². The zero-order valence-corrected chi connectivity index (χ0v) is 18.3. The summed E-state index contributed by atoms with van der Waals surface area (Å²) in [5, 5.41) is 7.68. The van der Waals surface area contributed by atoms with Crippen molar-refractivity contribution in [3.05, 3.63) is 65.6 Å². The van der Waals surface area contributed by atoms with Gasteiger partial charge in [-0.25, -0.2) is 0 Å². The van der Waals surface area contributed by atoms with Crippen molar-refractivity contribution in [1.82, 2.24) is 5.32 Å². The third-order valence-electron chi connectivity index (χ3n) is 6.24. The van der Waals surface area contributed by atoms with Crippen LogP contribution in [0.15, 0.2) is 60.1 Å². The average Bonchev–Trinajstić information content (AvgIpc) is 2.92. The van der Waals surface area contributed by atoms with E-state index in [2.05, 4.69) is 66.0 Å². The van der Waals surface area contributed by atoms with Gasteiger partial charge in [-0.2, -0.15) is 0 Å². The van der Waals surface area contributed by atoms with Crippen molar-refractivity contribution in [1.29, 1.82) is 0 Å². The number of benzene rings is 3. The summed E-state index contributed by atoms with van der Waals surface area (Å²) in [5.74, 6) is -0.0826. The van der Waals surface area contributed by atoms with Gasteiger partial charge in [-0.1, -0.05) is 54.6 Å². The Morgan fingerprint density at radius 3 is 2.13 bits per heavy atom. The smallest absolute Gasteiger partial charge is 0.400 e. The third-order valence-corrected chi connectivity index (χ3v) is 6.24. The lowest BCUT2D eigenvalue weighted by molar-refractivity contribution is -0.118. The lowest BCUT2D eigenvalue weighted by Gasteiger charge is -2.32. The van der Waals surface area contributed by atoms with E-state index in [9.17, 15) is 4.79 Å². The number of fused-ring (bicyclic) bond motifs is 3. The summed E-state index contributed by atoms with van der Waals surface area (Å²) in [6.07, 6.45) is 2.10. The van der Waals surface area contributed by atoms with Crippen LogP contribution in [-0.2, 0) is 14.1 Å². The van der Waals surface area contributed by atoms with Gasteiger partial charge in [0.2, 0.25) is 5.91 Å². The van der Waals surface area contributed by atoms with E-state index in [1.807, 2.05) is 27.7 Å². The summed E-state index contributed by atoms with van der Waals surface area (Å²) in [5.41, 5.74) is 1.08. The minimum atomic E-state index is -0.521. The van der Waals surface area contributed by atoms with Crippen molar-refractivity contribution in [2.45, 2.75) is 45.8 Å². The minimum absolute atomic E-state index is 0.0826. The van der Waals surface area contributed by atoms with Crippen molar-refractivity contribution in [3.63, 3.8) is 0 Å². The number of hydrogen-bond acceptors (Lipinski definition) is 3. The van der Waals surface area contributed by atoms with Crippen molar-refractivity contribution in [3.8, 4) is 0 Å². The standard InChI is InChI=1S/C25H28BNO3/c1-17(28)27-16-20(26-29-24(2,3)25(4,5)30-26)15-19-14-18-10-6-7-11-21(18)23-13-9-8-12-22(19)23/h6-15H,16H2,1-5H3,(H,27,28). The van der Waals surface area contributed by atoms with Crippen molar-refractivity contribution in [2.75, 3.05) is 6.54 Å². The summed E-state index contributed by atoms with van der Waals surface area (Å²) in [4.78, 5) is 11.6. The fourth-order valence-electron chi connectivity index (χ4n) is 3.83. The maximum atomic E-state index is 11.6. The zero-order chi connectivity index (χ0) is 21.5. The molecule has 1 N–H and O–H groups in total. The van der Waals surface area contributed by atoms with Crippen molar-refractivity contribution >= 4 is 40.6 Å². The third kappa shape index (κ3) is 3.75. The first-order valence-corrected chi connectivity index (χ1v) is 10.4. The molecule has 154 valence electrons. The van der Waals surface area contributed by atoms with Gasteiger partial charge in [0.05, 0.1) is 11.2 Å². The SMILES string of the molecule is CC(=O)NCC(=Cc1cc2ccccc2c2ccccc12)B1OC(C)(C)C(C)(C)O1. The Bertz CT molecular complexity index is 1130. The molecule has 1 aliphatic heterocycles. The lowest BCUT2D eigenvalue weighted by atomic mass is 9.76. The molecule has 0 radical (unpaired) electrons. The van der Waals surface area contributed by atoms with Gasteiger partial charge in [0, 0.05) is 13.5 Å². The first-order valence-electron chi connectivity index (χ1n) is 10.4. The summed E-state index contributed by atoms with van der Waals surface area (Å²) in [6.45, 7) is 10.0. The lowest BCUT2D eigenvalue weighted by Crippen LogP contribution is -2.41. The fraction of sp³-hybridized carbons (Fsp3) is 0.320. The second-order valence-corrected chi connectivity index (χ2v) is 8.95. The molecule has 4 nitrogen and oxygen atoms in total. The molecular formula is C25H28BNO3. The molecular weight excluding hydrogens is 373 g/mol. The summed E-state index contributed by atoms with van der Waals surface area (Å²) >= 11 is 0. The van der Waals surface area contributed by atoms with E-state index < -0.39 is 18.3 Å². The molecule has 30 heavy (non-hydrogen) atoms. The highest BCUT2D eigenvalue weighted by atomic mass is 16.7. The van der Waals surface area contributed by atoms with Crippen LogP contribution in [-0.4, -0.2) is 30.8 Å². The molecule has 0 spiro atoms. The quantitative estimate of drug-likeness (QED) is 0.486. The predicted molar refractivity (Wildman–Crippen MR) is 124 cm³/mol. The van der Waals surface area contributed by atoms with Crippen LogP contribution in [0.1, 0.15) is 40.2 Å². The van der Waals surface area contributed by atoms with Crippen LogP contribution in [0.25, 0.3) is 27.6 Å². The Kier molecular flexibility index (Phi) is 5.21. The van der Waals surface area contributed by atoms with E-state index in [0.29, 0.717) is 6.54 Å². The van der Waals surface area contributed by atoms with E-state index in [-0.39, 0.29) is 5.91 Å². The van der Waals surface area contributed by atoms with E-state index in [0.717, 1.165) is 16.4 Å². The number of hydrogen-bond donors (Lipinski definition) is 1. The normalized spacial score (nSPS) is 18.2. The minimum Gasteiger partial charge on any atom is -0.400 e. The first kappa shape index (κ1) is 20.6. The Morgan fingerprint density at radius 2 is 1.50 bits per heavy atom. The van der Waals surface area contributed by atoms with Gasteiger partial charge < -0.3 is 14.6 Å². The van der Waals surface area contributed by atoms with Gasteiger partial charge in [0.15, 0.2) is 0 Å². The second kappa shape index (κ2) is 7.57. The van der Waals surface area contributed by atoms with Gasteiger partial charge >= 0.3 is 7.12 Å². The Labute approximate surface area is 178 Å². The summed E-state index contributed by atoms with van der Waals surface area (Å²) in [7, 11) is -0.521. The monoisotopic (exact) mass is 401 g/mol. The van der Waals surface area contributed by atoms with Gasteiger partial charge in [-0.05, 0) is 66.3 Å². The number of rotatable bonds is 4. The second-order valence-electron chi connectivity index (χ2n) is 8.95. The van der Waals surface area contributed by atoms with Gasteiger partial charge in [0.1, 0.15) is 0 Å². The number of carbonyl (C=O) groups is 1. The molecule has 0 aromatic heterocycles. The van der Waals surface area contributed by atoms with Crippen LogP contribution >= 0.6 is 0 Å². The maximum absolute atomic E-state index is 11.6. The Hall–Kier alpha value is -2.63. The number of nitrogens with one attached hydrogen (secondary N) is 1. The van der Waals surface area contributed by atoms with Crippen LogP contribution < -0.4 is 5.32 Å². The highest BCUT2D eigenvalue weighted by molar-refractivity contribution is 6.56. The molecule has 1 saturated heterocycles. The molecule has 0 saturated carbocycles. The van der Waals surface area contributed by atoms with Gasteiger partial charge in [-0.15, -0.1) is 0 Å². The van der Waals surface area contributed by atoms with E-state index in [1.165, 1.54) is 23.1 Å². The maximum Gasteiger partial charge on any atom is 0.492 e. The van der Waals surface area contributed by atoms with E-state index in [4.69, 9.17) is 9.31 Å². The zero-order valence-electron chi connectivity index (χ0n) is 18.3. The van der Waals surface area contributed by atoms with Crippen LogP contribution in [0.4, 0.5) is 0 Å².